The Morgan fingerprint density at radius 3 is 2.52 bits per heavy atom. The third-order valence-corrected chi connectivity index (χ3v) is 4.84. The molecule has 5 nitrogen and oxygen atoms in total. The summed E-state index contributed by atoms with van der Waals surface area (Å²) in [5, 5.41) is 8.02. The number of thioether (sulfide) groups is 1. The van der Waals surface area contributed by atoms with Crippen molar-refractivity contribution in [1.29, 1.82) is 0 Å². The van der Waals surface area contributed by atoms with Gasteiger partial charge in [-0.15, -0.1) is 5.10 Å². The number of nitrogens with one attached hydrogen (secondary N) is 1. The van der Waals surface area contributed by atoms with Crippen molar-refractivity contribution in [3.8, 4) is 22.9 Å². The van der Waals surface area contributed by atoms with Crippen LogP contribution in [0, 0.1) is 0 Å². The zero-order valence-electron chi connectivity index (χ0n) is 14.6. The maximum Gasteiger partial charge on any atom is 0.209 e. The lowest BCUT2D eigenvalue weighted by Gasteiger charge is -2.09. The van der Waals surface area contributed by atoms with Crippen molar-refractivity contribution in [3.05, 3.63) is 53.6 Å². The molecule has 3 rings (SSSR count). The van der Waals surface area contributed by atoms with Crippen LogP contribution in [0.15, 0.2) is 47.6 Å². The molecule has 0 aliphatic heterocycles. The number of ether oxygens (including phenoxy) is 2. The van der Waals surface area contributed by atoms with Crippen LogP contribution >= 0.6 is 11.8 Å². The molecule has 0 fully saturated rings. The monoisotopic (exact) mass is 355 g/mol. The highest BCUT2D eigenvalue weighted by molar-refractivity contribution is 7.98. The lowest BCUT2D eigenvalue weighted by Crippen LogP contribution is -1.92. The molecule has 0 aliphatic carbocycles. The van der Waals surface area contributed by atoms with Crippen LogP contribution in [0.3, 0.4) is 0 Å². The van der Waals surface area contributed by atoms with Crippen molar-refractivity contribution in [2.75, 3.05) is 14.2 Å². The largest absolute Gasteiger partial charge is 0.497 e. The summed E-state index contributed by atoms with van der Waals surface area (Å²) in [7, 11) is 3.32. The molecule has 1 aromatic heterocycles. The van der Waals surface area contributed by atoms with Gasteiger partial charge in [-0.05, 0) is 30.2 Å². The van der Waals surface area contributed by atoms with Gasteiger partial charge in [-0.2, -0.15) is 0 Å². The van der Waals surface area contributed by atoms with Gasteiger partial charge in [-0.25, -0.2) is 4.98 Å². The van der Waals surface area contributed by atoms with Crippen LogP contribution in [0.5, 0.6) is 11.5 Å². The van der Waals surface area contributed by atoms with E-state index in [-0.39, 0.29) is 0 Å². The number of hydrogen-bond acceptors (Lipinski definition) is 5. The molecule has 25 heavy (non-hydrogen) atoms. The number of H-pyrrole nitrogens is 1. The van der Waals surface area contributed by atoms with Gasteiger partial charge in [-0.3, -0.25) is 5.10 Å². The molecule has 6 heteroatoms. The number of benzene rings is 2. The van der Waals surface area contributed by atoms with Gasteiger partial charge in [0.05, 0.1) is 14.2 Å². The van der Waals surface area contributed by atoms with Crippen LogP contribution in [0.1, 0.15) is 18.1 Å². The zero-order valence-corrected chi connectivity index (χ0v) is 15.4. The van der Waals surface area contributed by atoms with Crippen molar-refractivity contribution < 1.29 is 9.47 Å². The summed E-state index contributed by atoms with van der Waals surface area (Å²) in [5.74, 6) is 3.12. The summed E-state index contributed by atoms with van der Waals surface area (Å²) in [4.78, 5) is 4.57. The molecule has 0 saturated heterocycles. The van der Waals surface area contributed by atoms with Crippen molar-refractivity contribution in [1.82, 2.24) is 15.2 Å². The summed E-state index contributed by atoms with van der Waals surface area (Å²) in [6, 6.07) is 14.1. The molecule has 0 amide bonds. The number of aromatic nitrogens is 3. The second-order valence-electron chi connectivity index (χ2n) is 5.48. The fourth-order valence-corrected chi connectivity index (χ4v) is 3.25. The lowest BCUT2D eigenvalue weighted by molar-refractivity contribution is 0.400. The Hall–Kier alpha value is -2.47. The number of nitrogens with zero attached hydrogens (tertiary/aromatic N) is 2. The predicted molar refractivity (Wildman–Crippen MR) is 100 cm³/mol. The first kappa shape index (κ1) is 17.4. The van der Waals surface area contributed by atoms with Crippen LogP contribution in [0.25, 0.3) is 11.4 Å². The van der Waals surface area contributed by atoms with Crippen LogP contribution < -0.4 is 9.47 Å². The fourth-order valence-electron chi connectivity index (χ4n) is 2.48. The van der Waals surface area contributed by atoms with E-state index in [1.165, 1.54) is 5.56 Å². The average Bonchev–Trinajstić information content (AvgIpc) is 3.15. The molecule has 0 radical (unpaired) electrons. The van der Waals surface area contributed by atoms with Gasteiger partial charge in [-0.1, -0.05) is 43.0 Å². The van der Waals surface area contributed by atoms with E-state index in [0.29, 0.717) is 10.9 Å². The standard InChI is InChI=1S/C19H21N3O2S/c1-4-13-5-7-14(8-6-13)18-20-19(22-21-18)25-12-15-11-16(23-2)9-10-17(15)24-3/h5-11H,4,12H2,1-3H3,(H,20,21,22). The topological polar surface area (TPSA) is 60.0 Å². The van der Waals surface area contributed by atoms with Crippen LogP contribution in [-0.4, -0.2) is 29.4 Å². The summed E-state index contributed by atoms with van der Waals surface area (Å²) in [6.07, 6.45) is 1.03. The number of rotatable bonds is 7. The Morgan fingerprint density at radius 2 is 1.84 bits per heavy atom. The van der Waals surface area contributed by atoms with Gasteiger partial charge in [0.2, 0.25) is 5.16 Å². The first-order chi connectivity index (χ1) is 12.2. The van der Waals surface area contributed by atoms with Crippen LogP contribution in [-0.2, 0) is 12.2 Å². The van der Waals surface area contributed by atoms with Gasteiger partial charge >= 0.3 is 0 Å². The first-order valence-corrected chi connectivity index (χ1v) is 9.07. The Kier molecular flexibility index (Phi) is 5.60. The van der Waals surface area contributed by atoms with Gasteiger partial charge < -0.3 is 9.47 Å². The fraction of sp³-hybridized carbons (Fsp3) is 0.263. The highest BCUT2D eigenvalue weighted by Crippen LogP contribution is 2.30. The highest BCUT2D eigenvalue weighted by atomic mass is 32.2. The smallest absolute Gasteiger partial charge is 0.209 e. The Labute approximate surface area is 151 Å². The van der Waals surface area contributed by atoms with Crippen molar-refractivity contribution in [2.45, 2.75) is 24.3 Å². The van der Waals surface area contributed by atoms with Crippen LogP contribution in [0.4, 0.5) is 0 Å². The van der Waals surface area contributed by atoms with Crippen molar-refractivity contribution in [3.63, 3.8) is 0 Å². The molecule has 0 atom stereocenters. The SMILES string of the molecule is CCc1ccc(-c2nc(SCc3cc(OC)ccc3OC)n[nH]2)cc1. The maximum atomic E-state index is 5.41. The van der Waals surface area contributed by atoms with Crippen molar-refractivity contribution in [2.24, 2.45) is 0 Å². The molecule has 0 saturated carbocycles. The van der Waals surface area contributed by atoms with E-state index in [1.54, 1.807) is 26.0 Å². The molecule has 0 spiro atoms. The molecule has 0 aliphatic rings. The van der Waals surface area contributed by atoms with Gasteiger partial charge in [0.15, 0.2) is 5.82 Å². The van der Waals surface area contributed by atoms with Gasteiger partial charge in [0, 0.05) is 16.9 Å². The van der Waals surface area contributed by atoms with E-state index in [4.69, 9.17) is 9.47 Å². The number of aromatic amines is 1. The minimum absolute atomic E-state index is 0.701. The van der Waals surface area contributed by atoms with E-state index in [1.807, 2.05) is 18.2 Å². The molecule has 0 unspecified atom stereocenters. The minimum atomic E-state index is 0.701. The molecular formula is C19H21N3O2S. The van der Waals surface area contributed by atoms with E-state index >= 15 is 0 Å². The minimum Gasteiger partial charge on any atom is -0.497 e. The first-order valence-electron chi connectivity index (χ1n) is 8.09. The Balaban J connectivity index is 1.71. The predicted octanol–water partition coefficient (Wildman–Crippen LogP) is 4.34. The molecular weight excluding hydrogens is 334 g/mol. The summed E-state index contributed by atoms with van der Waals surface area (Å²) < 4.78 is 10.7. The lowest BCUT2D eigenvalue weighted by atomic mass is 10.1. The highest BCUT2D eigenvalue weighted by Gasteiger charge is 2.10. The number of hydrogen-bond donors (Lipinski definition) is 1. The van der Waals surface area contributed by atoms with E-state index in [0.717, 1.165) is 34.9 Å². The number of aryl methyl sites for hydroxylation is 1. The second kappa shape index (κ2) is 8.07. The Bertz CT molecular complexity index is 831. The Morgan fingerprint density at radius 1 is 1.04 bits per heavy atom. The van der Waals surface area contributed by atoms with Crippen LogP contribution in [0.2, 0.25) is 0 Å². The summed E-state index contributed by atoms with van der Waals surface area (Å²) >= 11 is 1.56. The quantitative estimate of drug-likeness (QED) is 0.639. The van der Waals surface area contributed by atoms with Gasteiger partial charge in [0.25, 0.3) is 0 Å². The zero-order chi connectivity index (χ0) is 17.6. The molecule has 1 heterocycles. The normalized spacial score (nSPS) is 10.7. The maximum absolute atomic E-state index is 5.41. The average molecular weight is 355 g/mol. The molecule has 1 N–H and O–H groups in total. The summed E-state index contributed by atoms with van der Waals surface area (Å²) in [5.41, 5.74) is 3.39. The molecule has 2 aromatic carbocycles. The van der Waals surface area contributed by atoms with E-state index < -0.39 is 0 Å². The summed E-state index contributed by atoms with van der Waals surface area (Å²) in [6.45, 7) is 2.14. The third-order valence-electron chi connectivity index (χ3n) is 3.94. The number of methoxy groups -OCH3 is 2. The third kappa shape index (κ3) is 4.14. The van der Waals surface area contributed by atoms with E-state index in [2.05, 4.69) is 46.4 Å². The van der Waals surface area contributed by atoms with Crippen molar-refractivity contribution >= 4 is 11.8 Å². The molecule has 0 bridgehead atoms. The second-order valence-corrected chi connectivity index (χ2v) is 6.43. The van der Waals surface area contributed by atoms with Gasteiger partial charge in [0.1, 0.15) is 11.5 Å². The molecule has 3 aromatic rings. The molecule has 130 valence electrons. The van der Waals surface area contributed by atoms with E-state index in [9.17, 15) is 0 Å².